The van der Waals surface area contributed by atoms with Crippen LogP contribution < -0.4 is 14.8 Å². The number of anilines is 1. The van der Waals surface area contributed by atoms with Crippen LogP contribution >= 0.6 is 0 Å². The van der Waals surface area contributed by atoms with Crippen molar-refractivity contribution in [3.05, 3.63) is 57.6 Å². The van der Waals surface area contributed by atoms with E-state index in [0.29, 0.717) is 53.6 Å². The number of nitrogens with one attached hydrogen (secondary N) is 1. The molecule has 0 saturated carbocycles. The Kier molecular flexibility index (Phi) is 6.56. The Morgan fingerprint density at radius 3 is 2.27 bits per heavy atom. The molecule has 0 aliphatic carbocycles. The molecule has 0 unspecified atom stereocenters. The lowest BCUT2D eigenvalue weighted by atomic mass is 9.89. The van der Waals surface area contributed by atoms with E-state index in [1.807, 2.05) is 24.3 Å². The quantitative estimate of drug-likeness (QED) is 0.483. The average molecular weight is 454 g/mol. The molecule has 3 atom stereocenters. The summed E-state index contributed by atoms with van der Waals surface area (Å²) in [6.45, 7) is 9.89. The van der Waals surface area contributed by atoms with Gasteiger partial charge in [-0.25, -0.2) is 0 Å². The Hall–Kier alpha value is -3.13. The lowest BCUT2D eigenvalue weighted by Crippen LogP contribution is -2.45. The van der Waals surface area contributed by atoms with Gasteiger partial charge in [-0.2, -0.15) is 0 Å². The van der Waals surface area contributed by atoms with Gasteiger partial charge in [0.05, 0.1) is 16.6 Å². The third-order valence-corrected chi connectivity index (χ3v) is 6.37. The largest absolute Gasteiger partial charge is 0.454 e. The number of rotatable bonds is 6. The van der Waals surface area contributed by atoms with Crippen LogP contribution in [-0.4, -0.2) is 35.6 Å². The summed E-state index contributed by atoms with van der Waals surface area (Å²) in [7, 11) is 0. The standard InChI is InChI=1S/C25H31N3O5/c1-15(2)18-5-7-19(8-6-18)26-25(29)24(27-12-16(3)9-17(4)13-27)20-10-22-23(33-14-32-22)11-21(20)28(30)31/h5-8,10-11,15-17,24H,9,12-14H2,1-4H3,(H,26,29)/t16-,17+,24-/m0/s1. The molecule has 2 aliphatic rings. The van der Waals surface area contributed by atoms with Crippen molar-refractivity contribution in [3.8, 4) is 11.5 Å². The van der Waals surface area contributed by atoms with Crippen molar-refractivity contribution in [1.29, 1.82) is 0 Å². The van der Waals surface area contributed by atoms with Gasteiger partial charge in [-0.15, -0.1) is 0 Å². The third-order valence-electron chi connectivity index (χ3n) is 6.37. The highest BCUT2D eigenvalue weighted by Crippen LogP contribution is 2.43. The van der Waals surface area contributed by atoms with Crippen molar-refractivity contribution >= 4 is 17.3 Å². The van der Waals surface area contributed by atoms with Gasteiger partial charge in [0.1, 0.15) is 6.04 Å². The highest BCUT2D eigenvalue weighted by atomic mass is 16.7. The maximum absolute atomic E-state index is 13.7. The lowest BCUT2D eigenvalue weighted by Gasteiger charge is -2.39. The first-order valence-corrected chi connectivity index (χ1v) is 11.5. The fraction of sp³-hybridized carbons (Fsp3) is 0.480. The molecule has 0 bridgehead atoms. The van der Waals surface area contributed by atoms with Gasteiger partial charge in [-0.3, -0.25) is 19.8 Å². The van der Waals surface area contributed by atoms with Crippen molar-refractivity contribution < 1.29 is 19.2 Å². The molecule has 2 heterocycles. The van der Waals surface area contributed by atoms with Gasteiger partial charge in [-0.05, 0) is 47.9 Å². The molecule has 0 spiro atoms. The molecule has 2 aromatic rings. The molecular weight excluding hydrogens is 422 g/mol. The summed E-state index contributed by atoms with van der Waals surface area (Å²) in [6.07, 6.45) is 1.06. The molecule has 4 rings (SSSR count). The minimum atomic E-state index is -0.824. The fourth-order valence-electron chi connectivity index (χ4n) is 4.91. The molecule has 176 valence electrons. The molecule has 2 aliphatic heterocycles. The number of nitro benzene ring substituents is 1. The SMILES string of the molecule is CC(C)c1ccc(NC(=O)[C@H](c2cc3c(cc2[N+](=O)[O-])OCO3)N2C[C@H](C)C[C@H](C)C2)cc1. The summed E-state index contributed by atoms with van der Waals surface area (Å²) >= 11 is 0. The van der Waals surface area contributed by atoms with Crippen LogP contribution in [0.15, 0.2) is 36.4 Å². The third kappa shape index (κ3) is 4.95. The lowest BCUT2D eigenvalue weighted by molar-refractivity contribution is -0.386. The second-order valence-corrected chi connectivity index (χ2v) is 9.59. The predicted molar refractivity (Wildman–Crippen MR) is 126 cm³/mol. The number of nitro groups is 1. The van der Waals surface area contributed by atoms with E-state index in [4.69, 9.17) is 9.47 Å². The van der Waals surface area contributed by atoms with Crippen molar-refractivity contribution in [3.63, 3.8) is 0 Å². The number of ether oxygens (including phenoxy) is 2. The number of carbonyl (C=O) groups is 1. The van der Waals surface area contributed by atoms with Crippen molar-refractivity contribution in [1.82, 2.24) is 4.90 Å². The Bertz CT molecular complexity index is 1030. The Balaban J connectivity index is 1.73. The molecule has 33 heavy (non-hydrogen) atoms. The minimum Gasteiger partial charge on any atom is -0.454 e. The van der Waals surface area contributed by atoms with Gasteiger partial charge in [0.2, 0.25) is 12.7 Å². The second kappa shape index (κ2) is 9.39. The van der Waals surface area contributed by atoms with E-state index >= 15 is 0 Å². The van der Waals surface area contributed by atoms with Crippen molar-refractivity contribution in [2.45, 2.75) is 46.1 Å². The number of hydrogen-bond acceptors (Lipinski definition) is 6. The van der Waals surface area contributed by atoms with Gasteiger partial charge in [-0.1, -0.05) is 39.8 Å². The molecule has 0 aromatic heterocycles. The van der Waals surface area contributed by atoms with E-state index in [1.165, 1.54) is 11.6 Å². The number of benzene rings is 2. The first-order valence-electron chi connectivity index (χ1n) is 11.5. The Morgan fingerprint density at radius 1 is 1.09 bits per heavy atom. The zero-order valence-electron chi connectivity index (χ0n) is 19.5. The van der Waals surface area contributed by atoms with Gasteiger partial charge in [0.25, 0.3) is 5.69 Å². The molecular formula is C25H31N3O5. The van der Waals surface area contributed by atoms with Crippen LogP contribution in [0.25, 0.3) is 0 Å². The van der Waals surface area contributed by atoms with E-state index in [0.717, 1.165) is 6.42 Å². The summed E-state index contributed by atoms with van der Waals surface area (Å²) in [5.74, 6) is 1.60. The highest BCUT2D eigenvalue weighted by Gasteiger charge is 2.38. The maximum atomic E-state index is 13.7. The first kappa shape index (κ1) is 23.0. The zero-order valence-corrected chi connectivity index (χ0v) is 19.5. The van der Waals surface area contributed by atoms with Crippen LogP contribution in [-0.2, 0) is 4.79 Å². The van der Waals surface area contributed by atoms with Crippen LogP contribution in [0.3, 0.4) is 0 Å². The van der Waals surface area contributed by atoms with Crippen LogP contribution in [0, 0.1) is 22.0 Å². The summed E-state index contributed by atoms with van der Waals surface area (Å²) < 4.78 is 10.8. The van der Waals surface area contributed by atoms with Crippen LogP contribution in [0.1, 0.15) is 57.2 Å². The summed E-state index contributed by atoms with van der Waals surface area (Å²) in [5, 5.41) is 15.0. The van der Waals surface area contributed by atoms with Crippen LogP contribution in [0.4, 0.5) is 11.4 Å². The summed E-state index contributed by atoms with van der Waals surface area (Å²) in [6, 6.07) is 9.87. The predicted octanol–water partition coefficient (Wildman–Crippen LogP) is 5.10. The van der Waals surface area contributed by atoms with Crippen LogP contribution in [0.2, 0.25) is 0 Å². The smallest absolute Gasteiger partial charge is 0.278 e. The van der Waals surface area contributed by atoms with Crippen LogP contribution in [0.5, 0.6) is 11.5 Å². The van der Waals surface area contributed by atoms with E-state index in [1.54, 1.807) is 6.07 Å². The van der Waals surface area contributed by atoms with Gasteiger partial charge < -0.3 is 14.8 Å². The molecule has 8 heteroatoms. The topological polar surface area (TPSA) is 93.9 Å². The van der Waals surface area contributed by atoms with E-state index in [-0.39, 0.29) is 18.4 Å². The van der Waals surface area contributed by atoms with Gasteiger partial charge >= 0.3 is 0 Å². The number of carbonyl (C=O) groups excluding carboxylic acids is 1. The average Bonchev–Trinajstić information content (AvgIpc) is 3.20. The first-order chi connectivity index (χ1) is 15.7. The summed E-state index contributed by atoms with van der Waals surface area (Å²) in [4.78, 5) is 27.3. The van der Waals surface area contributed by atoms with E-state index < -0.39 is 11.0 Å². The normalized spacial score (nSPS) is 21.1. The number of hydrogen-bond donors (Lipinski definition) is 1. The van der Waals surface area contributed by atoms with E-state index in [9.17, 15) is 14.9 Å². The molecule has 1 N–H and O–H groups in total. The number of piperidine rings is 1. The minimum absolute atomic E-state index is 0.00673. The molecule has 0 radical (unpaired) electrons. The van der Waals surface area contributed by atoms with Gasteiger partial charge in [0, 0.05) is 18.8 Å². The molecule has 1 saturated heterocycles. The number of likely N-dealkylation sites (tertiary alicyclic amines) is 1. The Labute approximate surface area is 194 Å². The number of amides is 1. The van der Waals surface area contributed by atoms with Crippen molar-refractivity contribution in [2.24, 2.45) is 11.8 Å². The molecule has 2 aromatic carbocycles. The second-order valence-electron chi connectivity index (χ2n) is 9.59. The monoisotopic (exact) mass is 453 g/mol. The molecule has 1 fully saturated rings. The van der Waals surface area contributed by atoms with Gasteiger partial charge in [0.15, 0.2) is 11.5 Å². The van der Waals surface area contributed by atoms with E-state index in [2.05, 4.69) is 37.9 Å². The summed E-state index contributed by atoms with van der Waals surface area (Å²) in [5.41, 5.74) is 2.02. The maximum Gasteiger partial charge on any atom is 0.278 e. The highest BCUT2D eigenvalue weighted by molar-refractivity contribution is 5.96. The number of nitrogens with zero attached hydrogens (tertiary/aromatic N) is 2. The molecule has 1 amide bonds. The van der Waals surface area contributed by atoms with Crippen molar-refractivity contribution in [2.75, 3.05) is 25.2 Å². The number of fused-ring (bicyclic) bond motifs is 1. The fourth-order valence-corrected chi connectivity index (χ4v) is 4.91. The zero-order chi connectivity index (χ0) is 23.7. The Morgan fingerprint density at radius 2 is 1.70 bits per heavy atom. The molecule has 8 nitrogen and oxygen atoms in total.